The molecule has 0 N–H and O–H groups in total. The highest BCUT2D eigenvalue weighted by Gasteiger charge is 2.15. The van der Waals surface area contributed by atoms with Crippen LogP contribution in [0.15, 0.2) is 22.6 Å². The van der Waals surface area contributed by atoms with Crippen LogP contribution >= 0.6 is 11.6 Å². The number of nitrogens with zero attached hydrogens (tertiary/aromatic N) is 3. The number of hydrogen-bond acceptors (Lipinski definition) is 5. The highest BCUT2D eigenvalue weighted by atomic mass is 35.5. The number of nitro groups is 1. The summed E-state index contributed by atoms with van der Waals surface area (Å²) < 4.78 is 5.16. The molecule has 1 aromatic carbocycles. The van der Waals surface area contributed by atoms with Gasteiger partial charge in [-0.15, -0.1) is 10.2 Å². The van der Waals surface area contributed by atoms with Crippen molar-refractivity contribution >= 4 is 17.3 Å². The van der Waals surface area contributed by atoms with E-state index in [-0.39, 0.29) is 11.6 Å². The third-order valence-electron chi connectivity index (χ3n) is 1.92. The predicted molar refractivity (Wildman–Crippen MR) is 56.1 cm³/mol. The summed E-state index contributed by atoms with van der Waals surface area (Å²) in [5.74, 6) is 0.545. The van der Waals surface area contributed by atoms with E-state index in [1.807, 2.05) is 0 Å². The molecule has 0 radical (unpaired) electrons. The van der Waals surface area contributed by atoms with Gasteiger partial charge in [0.25, 0.3) is 5.69 Å². The first-order valence-corrected chi connectivity index (χ1v) is 4.70. The number of aryl methyl sites for hydroxylation is 1. The maximum absolute atomic E-state index is 10.6. The number of rotatable bonds is 2. The van der Waals surface area contributed by atoms with Crippen molar-refractivity contribution in [2.45, 2.75) is 6.92 Å². The van der Waals surface area contributed by atoms with Crippen LogP contribution in [0.25, 0.3) is 11.5 Å². The summed E-state index contributed by atoms with van der Waals surface area (Å²) in [6.45, 7) is 1.63. The summed E-state index contributed by atoms with van der Waals surface area (Å²) in [5.41, 5.74) is 0.284. The molecule has 16 heavy (non-hydrogen) atoms. The van der Waals surface area contributed by atoms with E-state index in [1.54, 1.807) is 6.92 Å². The van der Waals surface area contributed by atoms with Crippen molar-refractivity contribution in [2.24, 2.45) is 0 Å². The standard InChI is InChI=1S/C9H6ClN3O3/c1-5-11-12-9(16-5)7-4-6(13(14)15)2-3-8(7)10/h2-4H,1H3. The minimum Gasteiger partial charge on any atom is -0.421 e. The average Bonchev–Trinajstić information content (AvgIpc) is 2.65. The molecule has 7 heteroatoms. The second kappa shape index (κ2) is 3.90. The van der Waals surface area contributed by atoms with Gasteiger partial charge in [-0.05, 0) is 6.07 Å². The maximum Gasteiger partial charge on any atom is 0.270 e. The first-order chi connectivity index (χ1) is 7.58. The summed E-state index contributed by atoms with van der Waals surface area (Å²) in [7, 11) is 0. The SMILES string of the molecule is Cc1nnc(-c2cc([N+](=O)[O-])ccc2Cl)o1. The summed E-state index contributed by atoms with van der Waals surface area (Å²) in [6, 6.07) is 4.04. The van der Waals surface area contributed by atoms with Crippen molar-refractivity contribution in [2.75, 3.05) is 0 Å². The zero-order chi connectivity index (χ0) is 11.7. The van der Waals surface area contributed by atoms with Gasteiger partial charge in [-0.3, -0.25) is 10.1 Å². The fourth-order valence-electron chi connectivity index (χ4n) is 1.20. The van der Waals surface area contributed by atoms with Crippen molar-refractivity contribution in [3.05, 3.63) is 39.2 Å². The zero-order valence-corrected chi connectivity index (χ0v) is 8.93. The molecule has 0 aliphatic carbocycles. The number of benzene rings is 1. The maximum atomic E-state index is 10.6. The molecule has 0 aliphatic rings. The van der Waals surface area contributed by atoms with Crippen LogP contribution in [0.4, 0.5) is 5.69 Å². The molecule has 1 heterocycles. The van der Waals surface area contributed by atoms with Gasteiger partial charge in [0.15, 0.2) is 0 Å². The van der Waals surface area contributed by atoms with E-state index in [0.717, 1.165) is 0 Å². The van der Waals surface area contributed by atoms with Gasteiger partial charge in [0.2, 0.25) is 11.8 Å². The Morgan fingerprint density at radius 3 is 2.75 bits per heavy atom. The Kier molecular flexibility index (Phi) is 2.57. The van der Waals surface area contributed by atoms with E-state index in [9.17, 15) is 10.1 Å². The van der Waals surface area contributed by atoms with Crippen molar-refractivity contribution in [3.8, 4) is 11.5 Å². The van der Waals surface area contributed by atoms with Crippen LogP contribution in [0, 0.1) is 17.0 Å². The number of nitro benzene ring substituents is 1. The molecule has 0 atom stereocenters. The van der Waals surface area contributed by atoms with Gasteiger partial charge < -0.3 is 4.42 Å². The van der Waals surface area contributed by atoms with Crippen LogP contribution in [0.2, 0.25) is 5.02 Å². The first-order valence-electron chi connectivity index (χ1n) is 4.32. The molecule has 82 valence electrons. The van der Waals surface area contributed by atoms with Crippen molar-refractivity contribution in [1.82, 2.24) is 10.2 Å². The van der Waals surface area contributed by atoms with Crippen molar-refractivity contribution in [1.29, 1.82) is 0 Å². The van der Waals surface area contributed by atoms with Gasteiger partial charge in [0.1, 0.15) is 0 Å². The lowest BCUT2D eigenvalue weighted by atomic mass is 10.2. The van der Waals surface area contributed by atoms with Gasteiger partial charge in [-0.1, -0.05) is 11.6 Å². The quantitative estimate of drug-likeness (QED) is 0.594. The third-order valence-corrected chi connectivity index (χ3v) is 2.25. The smallest absolute Gasteiger partial charge is 0.270 e. The van der Waals surface area contributed by atoms with Gasteiger partial charge in [-0.25, -0.2) is 0 Å². The van der Waals surface area contributed by atoms with Crippen LogP contribution in [0.3, 0.4) is 0 Å². The van der Waals surface area contributed by atoms with Crippen LogP contribution < -0.4 is 0 Å². The Bertz CT molecular complexity index is 553. The van der Waals surface area contributed by atoms with E-state index in [1.165, 1.54) is 18.2 Å². The van der Waals surface area contributed by atoms with Crippen LogP contribution in [-0.4, -0.2) is 15.1 Å². The monoisotopic (exact) mass is 239 g/mol. The predicted octanol–water partition coefficient (Wildman–Crippen LogP) is 2.61. The van der Waals surface area contributed by atoms with E-state index in [4.69, 9.17) is 16.0 Å². The molecule has 0 fully saturated rings. The number of non-ortho nitro benzene ring substituents is 1. The van der Waals surface area contributed by atoms with Crippen molar-refractivity contribution in [3.63, 3.8) is 0 Å². The average molecular weight is 240 g/mol. The molecule has 0 spiro atoms. The van der Waals surface area contributed by atoms with Crippen molar-refractivity contribution < 1.29 is 9.34 Å². The van der Waals surface area contributed by atoms with Crippen LogP contribution in [0.1, 0.15) is 5.89 Å². The Hall–Kier alpha value is -1.95. The lowest BCUT2D eigenvalue weighted by Gasteiger charge is -1.98. The highest BCUT2D eigenvalue weighted by Crippen LogP contribution is 2.30. The molecule has 0 unspecified atom stereocenters. The summed E-state index contributed by atoms with van der Waals surface area (Å²) >= 11 is 5.89. The third kappa shape index (κ3) is 1.87. The van der Waals surface area contributed by atoms with E-state index < -0.39 is 4.92 Å². The summed E-state index contributed by atoms with van der Waals surface area (Å²) in [4.78, 5) is 10.1. The molecule has 0 saturated carbocycles. The van der Waals surface area contributed by atoms with E-state index in [2.05, 4.69) is 10.2 Å². The molecule has 0 aliphatic heterocycles. The second-order valence-electron chi connectivity index (χ2n) is 3.05. The van der Waals surface area contributed by atoms with Gasteiger partial charge in [0, 0.05) is 19.1 Å². The Balaban J connectivity index is 2.55. The zero-order valence-electron chi connectivity index (χ0n) is 8.18. The summed E-state index contributed by atoms with van der Waals surface area (Å²) in [5, 5.41) is 18.3. The lowest BCUT2D eigenvalue weighted by Crippen LogP contribution is -1.89. The van der Waals surface area contributed by atoms with E-state index >= 15 is 0 Å². The van der Waals surface area contributed by atoms with Gasteiger partial charge >= 0.3 is 0 Å². The first kappa shape index (κ1) is 10.6. The van der Waals surface area contributed by atoms with Crippen LogP contribution in [-0.2, 0) is 0 Å². The normalized spacial score (nSPS) is 10.4. The Morgan fingerprint density at radius 1 is 1.44 bits per heavy atom. The lowest BCUT2D eigenvalue weighted by molar-refractivity contribution is -0.384. The Morgan fingerprint density at radius 2 is 2.19 bits per heavy atom. The largest absolute Gasteiger partial charge is 0.421 e. The molecule has 0 saturated heterocycles. The fourth-order valence-corrected chi connectivity index (χ4v) is 1.39. The van der Waals surface area contributed by atoms with Crippen LogP contribution in [0.5, 0.6) is 0 Å². The molecular weight excluding hydrogens is 234 g/mol. The molecular formula is C9H6ClN3O3. The minimum atomic E-state index is -0.511. The number of aromatic nitrogens is 2. The number of hydrogen-bond donors (Lipinski definition) is 0. The molecule has 2 rings (SSSR count). The molecule has 6 nitrogen and oxygen atoms in total. The Labute approximate surface area is 95.0 Å². The summed E-state index contributed by atoms with van der Waals surface area (Å²) in [6.07, 6.45) is 0. The molecule has 0 bridgehead atoms. The topological polar surface area (TPSA) is 82.1 Å². The van der Waals surface area contributed by atoms with E-state index in [0.29, 0.717) is 16.5 Å². The van der Waals surface area contributed by atoms with Gasteiger partial charge in [-0.2, -0.15) is 0 Å². The molecule has 1 aromatic heterocycles. The second-order valence-corrected chi connectivity index (χ2v) is 3.45. The fraction of sp³-hybridized carbons (Fsp3) is 0.111. The highest BCUT2D eigenvalue weighted by molar-refractivity contribution is 6.33. The minimum absolute atomic E-state index is 0.0738. The number of halogens is 1. The molecule has 0 amide bonds. The van der Waals surface area contributed by atoms with Gasteiger partial charge in [0.05, 0.1) is 15.5 Å². The molecule has 2 aromatic rings.